The average Bonchev–Trinajstić information content (AvgIpc) is 1.64. The lowest BCUT2D eigenvalue weighted by molar-refractivity contribution is 0.132. The lowest BCUT2D eigenvalue weighted by Gasteiger charge is -2.23. The van der Waals surface area contributed by atoms with Crippen molar-refractivity contribution in [2.75, 3.05) is 6.73 Å². The summed E-state index contributed by atoms with van der Waals surface area (Å²) in [7, 11) is 0. The fraction of sp³-hybridized carbons (Fsp3) is 1.00. The van der Waals surface area contributed by atoms with Crippen LogP contribution in [-0.4, -0.2) is 12.3 Å². The van der Waals surface area contributed by atoms with Crippen LogP contribution in [0.3, 0.4) is 0 Å². The number of hydrogen-bond donors (Lipinski definition) is 1. The minimum atomic E-state index is -0.174. The molecule has 0 atom stereocenters. The maximum absolute atomic E-state index is 10.1. The van der Waals surface area contributed by atoms with E-state index in [9.17, 15) is 5.11 Å². The first-order valence-corrected chi connectivity index (χ1v) is 3.45. The SMILES string of the molecule is CCCC(C)(C)NC[O]. The number of rotatable bonds is 4. The summed E-state index contributed by atoms with van der Waals surface area (Å²) in [5.41, 5.74) is 0.0382. The Morgan fingerprint density at radius 1 is 1.44 bits per heavy atom. The van der Waals surface area contributed by atoms with E-state index >= 15 is 0 Å². The van der Waals surface area contributed by atoms with Crippen LogP contribution in [-0.2, 0) is 5.11 Å². The summed E-state index contributed by atoms with van der Waals surface area (Å²) in [6.07, 6.45) is 2.19. The van der Waals surface area contributed by atoms with Crippen molar-refractivity contribution in [3.05, 3.63) is 0 Å². The minimum Gasteiger partial charge on any atom is -0.287 e. The highest BCUT2D eigenvalue weighted by Crippen LogP contribution is 2.09. The Kier molecular flexibility index (Phi) is 3.82. The molecule has 0 fully saturated rings. The summed E-state index contributed by atoms with van der Waals surface area (Å²) in [5.74, 6) is 0. The van der Waals surface area contributed by atoms with Crippen molar-refractivity contribution < 1.29 is 5.11 Å². The van der Waals surface area contributed by atoms with E-state index in [-0.39, 0.29) is 12.3 Å². The zero-order valence-electron chi connectivity index (χ0n) is 6.53. The van der Waals surface area contributed by atoms with E-state index in [2.05, 4.69) is 26.1 Å². The fourth-order valence-corrected chi connectivity index (χ4v) is 0.909. The molecule has 0 aliphatic carbocycles. The molecule has 0 unspecified atom stereocenters. The second-order valence-electron chi connectivity index (χ2n) is 2.95. The van der Waals surface area contributed by atoms with Crippen LogP contribution in [0.15, 0.2) is 0 Å². The van der Waals surface area contributed by atoms with Gasteiger partial charge in [-0.05, 0) is 20.3 Å². The van der Waals surface area contributed by atoms with Crippen LogP contribution in [0.25, 0.3) is 0 Å². The predicted octanol–water partition coefficient (Wildman–Crippen LogP) is 1.54. The highest BCUT2D eigenvalue weighted by Gasteiger charge is 2.13. The Morgan fingerprint density at radius 3 is 2.33 bits per heavy atom. The van der Waals surface area contributed by atoms with E-state index in [1.54, 1.807) is 0 Å². The standard InChI is InChI=1S/C7H16NO/c1-4-5-7(2,3)8-6-9/h8H,4-6H2,1-3H3. The normalized spacial score (nSPS) is 12.0. The van der Waals surface area contributed by atoms with Crippen molar-refractivity contribution in [1.29, 1.82) is 0 Å². The van der Waals surface area contributed by atoms with Crippen LogP contribution in [0.5, 0.6) is 0 Å². The lowest BCUT2D eigenvalue weighted by Crippen LogP contribution is -2.39. The first-order valence-electron chi connectivity index (χ1n) is 3.45. The van der Waals surface area contributed by atoms with E-state index in [4.69, 9.17) is 0 Å². The van der Waals surface area contributed by atoms with Crippen molar-refractivity contribution >= 4 is 0 Å². The molecule has 2 nitrogen and oxygen atoms in total. The van der Waals surface area contributed by atoms with Crippen molar-refractivity contribution in [2.45, 2.75) is 39.2 Å². The summed E-state index contributed by atoms with van der Waals surface area (Å²) in [6.45, 7) is 6.05. The first kappa shape index (κ1) is 8.92. The zero-order valence-corrected chi connectivity index (χ0v) is 6.53. The van der Waals surface area contributed by atoms with Gasteiger partial charge in [-0.25, -0.2) is 5.11 Å². The molecule has 55 valence electrons. The molecular weight excluding hydrogens is 114 g/mol. The monoisotopic (exact) mass is 130 g/mol. The van der Waals surface area contributed by atoms with Gasteiger partial charge in [0.25, 0.3) is 0 Å². The highest BCUT2D eigenvalue weighted by atomic mass is 16.3. The van der Waals surface area contributed by atoms with Gasteiger partial charge in [-0.1, -0.05) is 13.3 Å². The third-order valence-electron chi connectivity index (χ3n) is 1.43. The van der Waals surface area contributed by atoms with Gasteiger partial charge in [0.05, 0.1) is 0 Å². The molecule has 0 saturated carbocycles. The minimum absolute atomic E-state index is 0.0382. The van der Waals surface area contributed by atoms with Crippen LogP contribution >= 0.6 is 0 Å². The molecule has 0 heterocycles. The molecule has 0 aromatic rings. The van der Waals surface area contributed by atoms with Gasteiger partial charge in [-0.15, -0.1) is 0 Å². The first-order chi connectivity index (χ1) is 4.12. The Bertz CT molecular complexity index is 63.3. The van der Waals surface area contributed by atoms with Crippen LogP contribution in [0.1, 0.15) is 33.6 Å². The maximum atomic E-state index is 10.1. The molecule has 2 heteroatoms. The second-order valence-corrected chi connectivity index (χ2v) is 2.95. The molecule has 0 spiro atoms. The molecule has 9 heavy (non-hydrogen) atoms. The number of nitrogens with one attached hydrogen (secondary N) is 1. The second kappa shape index (κ2) is 3.85. The molecule has 0 amide bonds. The van der Waals surface area contributed by atoms with Gasteiger partial charge in [0.2, 0.25) is 0 Å². The summed E-state index contributed by atoms with van der Waals surface area (Å²) in [6, 6.07) is 0. The topological polar surface area (TPSA) is 31.9 Å². The lowest BCUT2D eigenvalue weighted by atomic mass is 10.00. The fourth-order valence-electron chi connectivity index (χ4n) is 0.909. The van der Waals surface area contributed by atoms with Gasteiger partial charge in [0, 0.05) is 5.54 Å². The van der Waals surface area contributed by atoms with Gasteiger partial charge >= 0.3 is 0 Å². The van der Waals surface area contributed by atoms with Gasteiger partial charge in [0.1, 0.15) is 6.73 Å². The van der Waals surface area contributed by atoms with Crippen LogP contribution in [0.2, 0.25) is 0 Å². The van der Waals surface area contributed by atoms with E-state index in [0.717, 1.165) is 12.8 Å². The summed E-state index contributed by atoms with van der Waals surface area (Å²) in [5, 5.41) is 13.0. The van der Waals surface area contributed by atoms with E-state index in [1.165, 1.54) is 0 Å². The molecule has 1 N–H and O–H groups in total. The molecule has 0 bridgehead atoms. The average molecular weight is 130 g/mol. The third-order valence-corrected chi connectivity index (χ3v) is 1.43. The zero-order chi connectivity index (χ0) is 7.33. The molecule has 0 aromatic heterocycles. The Labute approximate surface area is 57.3 Å². The summed E-state index contributed by atoms with van der Waals surface area (Å²) in [4.78, 5) is 0. The molecular formula is C7H16NO. The van der Waals surface area contributed by atoms with E-state index in [0.29, 0.717) is 0 Å². The molecule has 0 saturated heterocycles. The third kappa shape index (κ3) is 4.43. The Balaban J connectivity index is 3.43. The van der Waals surface area contributed by atoms with E-state index < -0.39 is 0 Å². The number of hydrogen-bond acceptors (Lipinski definition) is 1. The van der Waals surface area contributed by atoms with Crippen molar-refractivity contribution in [3.8, 4) is 0 Å². The van der Waals surface area contributed by atoms with Crippen LogP contribution in [0, 0.1) is 0 Å². The van der Waals surface area contributed by atoms with E-state index in [1.807, 2.05) is 0 Å². The highest BCUT2D eigenvalue weighted by molar-refractivity contribution is 4.74. The van der Waals surface area contributed by atoms with Gasteiger partial charge < -0.3 is 0 Å². The maximum Gasteiger partial charge on any atom is 0.133 e. The van der Waals surface area contributed by atoms with Crippen molar-refractivity contribution in [1.82, 2.24) is 5.32 Å². The summed E-state index contributed by atoms with van der Waals surface area (Å²) >= 11 is 0. The Hall–Kier alpha value is -0.0800. The molecule has 0 aliphatic heterocycles. The van der Waals surface area contributed by atoms with Crippen LogP contribution in [0.4, 0.5) is 0 Å². The quantitative estimate of drug-likeness (QED) is 0.575. The van der Waals surface area contributed by atoms with Crippen molar-refractivity contribution in [2.24, 2.45) is 0 Å². The molecule has 0 rings (SSSR count). The van der Waals surface area contributed by atoms with Gasteiger partial charge in [-0.3, -0.25) is 5.32 Å². The van der Waals surface area contributed by atoms with Crippen LogP contribution < -0.4 is 5.32 Å². The Morgan fingerprint density at radius 2 is 2.00 bits per heavy atom. The largest absolute Gasteiger partial charge is 0.287 e. The smallest absolute Gasteiger partial charge is 0.133 e. The van der Waals surface area contributed by atoms with Gasteiger partial charge in [0.15, 0.2) is 0 Å². The summed E-state index contributed by atoms with van der Waals surface area (Å²) < 4.78 is 0. The molecule has 0 aromatic carbocycles. The predicted molar refractivity (Wildman–Crippen MR) is 37.7 cm³/mol. The van der Waals surface area contributed by atoms with Gasteiger partial charge in [-0.2, -0.15) is 0 Å². The molecule has 1 radical (unpaired) electrons. The van der Waals surface area contributed by atoms with Crippen molar-refractivity contribution in [3.63, 3.8) is 0 Å². The molecule has 0 aliphatic rings.